The summed E-state index contributed by atoms with van der Waals surface area (Å²) in [7, 11) is 0. The average Bonchev–Trinajstić information content (AvgIpc) is 3.93. The second-order valence-corrected chi connectivity index (χ2v) is 16.2. The molecule has 0 amide bonds. The second-order valence-electron chi connectivity index (χ2n) is 14.1. The highest BCUT2D eigenvalue weighted by molar-refractivity contribution is 7.27. The first-order valence-electron chi connectivity index (χ1n) is 18.5. The van der Waals surface area contributed by atoms with Crippen molar-refractivity contribution in [1.82, 2.24) is 14.5 Å². The quantitative estimate of drug-likeness (QED) is 0.180. The van der Waals surface area contributed by atoms with Gasteiger partial charge in [0.2, 0.25) is 0 Å². The molecule has 0 atom stereocenters. The summed E-state index contributed by atoms with van der Waals surface area (Å²) >= 11 is 3.73. The smallest absolute Gasteiger partial charge is 0.161 e. The highest BCUT2D eigenvalue weighted by atomic mass is 32.1. The molecule has 0 aliphatic carbocycles. The Morgan fingerprint density at radius 1 is 0.400 bits per heavy atom. The van der Waals surface area contributed by atoms with E-state index in [0.717, 1.165) is 33.5 Å². The van der Waals surface area contributed by atoms with Crippen LogP contribution in [0.5, 0.6) is 0 Å². The van der Waals surface area contributed by atoms with Crippen LogP contribution < -0.4 is 0 Å². The first-order chi connectivity index (χ1) is 27.3. The van der Waals surface area contributed by atoms with Crippen LogP contribution in [0.2, 0.25) is 0 Å². The van der Waals surface area contributed by atoms with Crippen molar-refractivity contribution in [1.29, 1.82) is 0 Å². The van der Waals surface area contributed by atoms with E-state index in [-0.39, 0.29) is 0 Å². The van der Waals surface area contributed by atoms with Crippen LogP contribution in [-0.4, -0.2) is 14.5 Å². The summed E-state index contributed by atoms with van der Waals surface area (Å²) in [5, 5.41) is 8.69. The van der Waals surface area contributed by atoms with Crippen LogP contribution in [0.1, 0.15) is 0 Å². The lowest BCUT2D eigenvalue weighted by molar-refractivity contribution is 1.18. The molecule has 0 saturated carbocycles. The van der Waals surface area contributed by atoms with Crippen LogP contribution in [0.25, 0.3) is 113 Å². The molecular weight excluding hydrogens is 707 g/mol. The molecule has 12 rings (SSSR count). The molecule has 55 heavy (non-hydrogen) atoms. The van der Waals surface area contributed by atoms with E-state index in [9.17, 15) is 0 Å². The molecule has 12 aromatic rings. The van der Waals surface area contributed by atoms with Crippen LogP contribution in [0.4, 0.5) is 0 Å². The summed E-state index contributed by atoms with van der Waals surface area (Å²) in [4.78, 5) is 10.5. The highest BCUT2D eigenvalue weighted by Crippen LogP contribution is 2.46. The van der Waals surface area contributed by atoms with Gasteiger partial charge in [-0.2, -0.15) is 0 Å². The zero-order chi connectivity index (χ0) is 36.0. The maximum atomic E-state index is 5.28. The fourth-order valence-corrected chi connectivity index (χ4v) is 10.9. The molecule has 4 aromatic heterocycles. The van der Waals surface area contributed by atoms with Gasteiger partial charge < -0.3 is 4.57 Å². The van der Waals surface area contributed by atoms with Crippen molar-refractivity contribution in [2.24, 2.45) is 0 Å². The first-order valence-corrected chi connectivity index (χ1v) is 20.1. The van der Waals surface area contributed by atoms with Crippen LogP contribution in [0, 0.1) is 0 Å². The number of hydrogen-bond donors (Lipinski definition) is 0. The molecular formula is C50H29N3S2. The Labute approximate surface area is 324 Å². The number of para-hydroxylation sites is 2. The third-order valence-corrected chi connectivity index (χ3v) is 13.3. The van der Waals surface area contributed by atoms with Crippen molar-refractivity contribution in [3.05, 3.63) is 176 Å². The molecule has 3 nitrogen and oxygen atoms in total. The minimum Gasteiger partial charge on any atom is -0.309 e. The van der Waals surface area contributed by atoms with E-state index < -0.39 is 0 Å². The van der Waals surface area contributed by atoms with Gasteiger partial charge in [0.25, 0.3) is 0 Å². The SMILES string of the molecule is c1ccc(-c2nc(-c3cccc4sc5ccc(-c6ccc7c(c6)c6c8sc9ccccc9c8ccc6n7-c6ccccc6)cc5c34)nc3ccccc23)cc1. The zero-order valence-corrected chi connectivity index (χ0v) is 31.0. The minimum atomic E-state index is 0.746. The van der Waals surface area contributed by atoms with Crippen LogP contribution in [0.3, 0.4) is 0 Å². The Morgan fingerprint density at radius 2 is 1.09 bits per heavy atom. The molecule has 8 aromatic carbocycles. The Hall–Kier alpha value is -6.66. The molecule has 0 aliphatic rings. The van der Waals surface area contributed by atoms with Gasteiger partial charge in [-0.1, -0.05) is 115 Å². The monoisotopic (exact) mass is 735 g/mol. The minimum absolute atomic E-state index is 0.746. The van der Waals surface area contributed by atoms with Crippen molar-refractivity contribution in [3.8, 4) is 39.5 Å². The van der Waals surface area contributed by atoms with E-state index in [1.807, 2.05) is 28.7 Å². The van der Waals surface area contributed by atoms with Gasteiger partial charge in [0.15, 0.2) is 5.82 Å². The first kappa shape index (κ1) is 30.8. The zero-order valence-electron chi connectivity index (χ0n) is 29.4. The third-order valence-electron chi connectivity index (χ3n) is 11.0. The average molecular weight is 736 g/mol. The molecule has 0 aliphatic heterocycles. The van der Waals surface area contributed by atoms with Gasteiger partial charge in [-0.3, -0.25) is 0 Å². The Balaban J connectivity index is 1.09. The predicted molar refractivity (Wildman–Crippen MR) is 236 cm³/mol. The topological polar surface area (TPSA) is 30.7 Å². The summed E-state index contributed by atoms with van der Waals surface area (Å²) in [6.45, 7) is 0. The van der Waals surface area contributed by atoms with Crippen LogP contribution >= 0.6 is 22.7 Å². The summed E-state index contributed by atoms with van der Waals surface area (Å²) in [5.41, 5.74) is 10.0. The Bertz CT molecular complexity index is 3480. The van der Waals surface area contributed by atoms with Crippen LogP contribution in [0.15, 0.2) is 176 Å². The number of thiophene rings is 2. The van der Waals surface area contributed by atoms with Gasteiger partial charge in [0.1, 0.15) is 0 Å². The maximum Gasteiger partial charge on any atom is 0.161 e. The van der Waals surface area contributed by atoms with Crippen molar-refractivity contribution in [3.63, 3.8) is 0 Å². The fraction of sp³-hybridized carbons (Fsp3) is 0. The molecule has 5 heteroatoms. The van der Waals surface area contributed by atoms with Gasteiger partial charge in [-0.25, -0.2) is 9.97 Å². The predicted octanol–water partition coefficient (Wildman–Crippen LogP) is 14.5. The van der Waals surface area contributed by atoms with Crippen molar-refractivity contribution < 1.29 is 0 Å². The van der Waals surface area contributed by atoms with Gasteiger partial charge in [-0.05, 0) is 71.8 Å². The molecule has 0 fully saturated rings. The number of aromatic nitrogens is 3. The summed E-state index contributed by atoms with van der Waals surface area (Å²) in [6, 6.07) is 63.4. The molecule has 0 radical (unpaired) electrons. The molecule has 0 saturated heterocycles. The number of fused-ring (bicyclic) bond motifs is 11. The van der Waals surface area contributed by atoms with E-state index in [1.54, 1.807) is 0 Å². The van der Waals surface area contributed by atoms with Crippen molar-refractivity contribution in [2.45, 2.75) is 0 Å². The number of benzene rings is 8. The summed E-state index contributed by atoms with van der Waals surface area (Å²) < 4.78 is 7.57. The van der Waals surface area contributed by atoms with E-state index in [4.69, 9.17) is 9.97 Å². The van der Waals surface area contributed by atoms with E-state index in [2.05, 4.69) is 174 Å². The molecule has 0 N–H and O–H groups in total. The van der Waals surface area contributed by atoms with Gasteiger partial charge in [0, 0.05) is 73.3 Å². The lowest BCUT2D eigenvalue weighted by Crippen LogP contribution is -1.95. The van der Waals surface area contributed by atoms with Gasteiger partial charge in [-0.15, -0.1) is 22.7 Å². The molecule has 0 unspecified atom stereocenters. The molecule has 256 valence electrons. The van der Waals surface area contributed by atoms with Gasteiger partial charge in [0.05, 0.1) is 22.2 Å². The molecule has 0 spiro atoms. The fourth-order valence-electron chi connectivity index (χ4n) is 8.53. The molecule has 0 bridgehead atoms. The summed E-state index contributed by atoms with van der Waals surface area (Å²) in [5.74, 6) is 0.746. The largest absolute Gasteiger partial charge is 0.309 e. The number of rotatable bonds is 4. The van der Waals surface area contributed by atoms with E-state index in [1.165, 1.54) is 79.0 Å². The van der Waals surface area contributed by atoms with E-state index in [0.29, 0.717) is 0 Å². The standard InChI is InChI=1S/C50H29N3S2/c1-3-12-30(13-4-1)48-36-17-7-9-19-40(36)51-50(52-48)37-18-11-21-45-46(37)39-29-32(23-27-44(39)54-45)31-22-25-41-38(28-31)47-42(53(41)33-14-5-2-6-15-33)26-24-35-34-16-8-10-20-43(34)55-49(35)47/h1-29H. The normalized spacial score (nSPS) is 12.0. The Morgan fingerprint density at radius 3 is 1.96 bits per heavy atom. The van der Waals surface area contributed by atoms with E-state index >= 15 is 0 Å². The third kappa shape index (κ3) is 4.67. The number of hydrogen-bond acceptors (Lipinski definition) is 4. The van der Waals surface area contributed by atoms with Crippen molar-refractivity contribution >= 4 is 95.7 Å². The molecule has 4 heterocycles. The van der Waals surface area contributed by atoms with Crippen LogP contribution in [-0.2, 0) is 0 Å². The second kappa shape index (κ2) is 11.9. The Kier molecular flexibility index (Phi) is 6.67. The number of nitrogens with zero attached hydrogens (tertiary/aromatic N) is 3. The van der Waals surface area contributed by atoms with Gasteiger partial charge >= 0.3 is 0 Å². The lowest BCUT2D eigenvalue weighted by atomic mass is 9.98. The van der Waals surface area contributed by atoms with Crippen molar-refractivity contribution in [2.75, 3.05) is 0 Å². The summed E-state index contributed by atoms with van der Waals surface area (Å²) in [6.07, 6.45) is 0. The lowest BCUT2D eigenvalue weighted by Gasteiger charge is -2.10. The maximum absolute atomic E-state index is 5.28. The highest BCUT2D eigenvalue weighted by Gasteiger charge is 2.20.